The normalized spacial score (nSPS) is 13.1. The molecule has 5 heterocycles. The van der Waals surface area contributed by atoms with Gasteiger partial charge in [-0.25, -0.2) is 0 Å². The van der Waals surface area contributed by atoms with Gasteiger partial charge in [0, 0.05) is 90.0 Å². The Hall–Kier alpha value is -6.34. The van der Waals surface area contributed by atoms with Crippen LogP contribution < -0.4 is 16.2 Å². The first-order valence-corrected chi connectivity index (χ1v) is 23.2. The Morgan fingerprint density at radius 2 is 1.24 bits per heavy atom. The van der Waals surface area contributed by atoms with Gasteiger partial charge in [0.1, 0.15) is 11.2 Å². The zero-order valence-corrected chi connectivity index (χ0v) is 37.2. The highest BCUT2D eigenvalue weighted by Crippen LogP contribution is 2.51. The maximum Gasteiger partial charge on any atom is 0.198 e. The van der Waals surface area contributed by atoms with Crippen molar-refractivity contribution >= 4 is 136 Å². The molecule has 62 heavy (non-hydrogen) atoms. The van der Waals surface area contributed by atoms with Gasteiger partial charge >= 0.3 is 0 Å². The van der Waals surface area contributed by atoms with Crippen LogP contribution >= 0.6 is 22.7 Å². The van der Waals surface area contributed by atoms with Gasteiger partial charge in [-0.3, -0.25) is 0 Å². The summed E-state index contributed by atoms with van der Waals surface area (Å²) in [4.78, 5) is 0. The van der Waals surface area contributed by atoms with Crippen LogP contribution in [0.5, 0.6) is 0 Å². The predicted molar refractivity (Wildman–Crippen MR) is 271 cm³/mol. The highest BCUT2D eigenvalue weighted by Gasteiger charge is 2.32. The van der Waals surface area contributed by atoms with Gasteiger partial charge < -0.3 is 14.3 Å². The third-order valence-electron chi connectivity index (χ3n) is 13.3. The maximum absolute atomic E-state index is 6.59. The number of nitrogens with one attached hydrogen (secondary N) is 1. The fourth-order valence-electron chi connectivity index (χ4n) is 10.2. The van der Waals surface area contributed by atoms with Crippen LogP contribution in [0.3, 0.4) is 0 Å². The molecular weight excluding hydrogens is 792 g/mol. The lowest BCUT2D eigenvalue weighted by atomic mass is 9.58. The summed E-state index contributed by atoms with van der Waals surface area (Å²) < 4.78 is 14.3. The highest BCUT2D eigenvalue weighted by atomic mass is 32.1. The maximum atomic E-state index is 6.59. The molecule has 0 aliphatic carbocycles. The molecule has 0 atom stereocenters. The second-order valence-corrected chi connectivity index (χ2v) is 21.4. The predicted octanol–water partition coefficient (Wildman–Crippen LogP) is 15.4. The minimum atomic E-state index is -0.0162. The van der Waals surface area contributed by atoms with Gasteiger partial charge in [-0.1, -0.05) is 120 Å². The van der Waals surface area contributed by atoms with E-state index in [0.29, 0.717) is 0 Å². The fourth-order valence-corrected chi connectivity index (χ4v) is 12.6. The molecule has 8 aromatic carbocycles. The van der Waals surface area contributed by atoms with Crippen molar-refractivity contribution in [2.75, 3.05) is 5.32 Å². The number of thiophene rings is 2. The molecule has 0 unspecified atom stereocenters. The van der Waals surface area contributed by atoms with E-state index in [1.807, 2.05) is 22.7 Å². The molecular formula is C56H42BN2OS2. The number of hydrogen-bond acceptors (Lipinski definition) is 4. The number of anilines is 2. The van der Waals surface area contributed by atoms with Crippen LogP contribution in [-0.4, -0.2) is 11.8 Å². The zero-order valence-electron chi connectivity index (χ0n) is 35.5. The molecule has 297 valence electrons. The summed E-state index contributed by atoms with van der Waals surface area (Å²) >= 11 is 3.79. The largest absolute Gasteiger partial charge is 0.456 e. The van der Waals surface area contributed by atoms with Crippen molar-refractivity contribution in [2.45, 2.75) is 52.4 Å². The van der Waals surface area contributed by atoms with Gasteiger partial charge in [-0.2, -0.15) is 0 Å². The molecule has 6 heteroatoms. The van der Waals surface area contributed by atoms with E-state index in [1.54, 1.807) is 0 Å². The summed E-state index contributed by atoms with van der Waals surface area (Å²) in [5.74, 6) is 0. The quantitative estimate of drug-likeness (QED) is 0.180. The molecule has 0 bridgehead atoms. The summed E-state index contributed by atoms with van der Waals surface area (Å²) in [6.45, 7) is 13.8. The first kappa shape index (κ1) is 36.3. The Labute approximate surface area is 368 Å². The molecule has 3 nitrogen and oxygen atoms in total. The summed E-state index contributed by atoms with van der Waals surface area (Å²) in [5.41, 5.74) is 15.2. The molecule has 4 aromatic heterocycles. The molecule has 1 aliphatic rings. The van der Waals surface area contributed by atoms with Gasteiger partial charge in [-0.15, -0.1) is 22.7 Å². The molecule has 13 rings (SSSR count). The van der Waals surface area contributed by atoms with Crippen LogP contribution in [0.2, 0.25) is 0 Å². The van der Waals surface area contributed by atoms with Crippen LogP contribution in [0, 0.1) is 0 Å². The smallest absolute Gasteiger partial charge is 0.198 e. The van der Waals surface area contributed by atoms with Crippen LogP contribution in [0.15, 0.2) is 144 Å². The lowest BCUT2D eigenvalue weighted by molar-refractivity contribution is 0.590. The number of furan rings is 1. The van der Waals surface area contributed by atoms with E-state index in [1.165, 1.54) is 95.6 Å². The van der Waals surface area contributed by atoms with Crippen molar-refractivity contribution in [1.29, 1.82) is 0 Å². The number of para-hydroxylation sites is 1. The van der Waals surface area contributed by atoms with Gasteiger partial charge in [0.2, 0.25) is 0 Å². The van der Waals surface area contributed by atoms with Gasteiger partial charge in [0.15, 0.2) is 7.28 Å². The van der Waals surface area contributed by atoms with Crippen molar-refractivity contribution in [3.63, 3.8) is 0 Å². The second kappa shape index (κ2) is 12.6. The first-order valence-electron chi connectivity index (χ1n) is 21.6. The van der Waals surface area contributed by atoms with Crippen LogP contribution in [0.1, 0.15) is 52.7 Å². The summed E-state index contributed by atoms with van der Waals surface area (Å²) in [7, 11) is 2.46. The Morgan fingerprint density at radius 1 is 0.548 bits per heavy atom. The fraction of sp³-hybridized carbons (Fsp3) is 0.143. The van der Waals surface area contributed by atoms with Crippen LogP contribution in [0.4, 0.5) is 11.4 Å². The van der Waals surface area contributed by atoms with E-state index < -0.39 is 0 Å². The number of hydrogen-bond donors (Lipinski definition) is 1. The number of aromatic nitrogens is 1. The number of rotatable bonds is 3. The molecule has 0 amide bonds. The SMILES string of the molecule is CC(C)(C)c1ccc(Nc2cc3sc4ccccc4c3cc2-c2c3c4c(c5cc(C(C)(C)C)ccc5n4-c4cc5c(cc4[B]3)oc3ccccc35)c3c2sc2ccccc23)cc1. The van der Waals surface area contributed by atoms with Crippen LogP contribution in [-0.2, 0) is 10.8 Å². The van der Waals surface area contributed by atoms with E-state index in [2.05, 4.69) is 198 Å². The number of fused-ring (bicyclic) bond motifs is 15. The van der Waals surface area contributed by atoms with E-state index in [4.69, 9.17) is 4.42 Å². The van der Waals surface area contributed by atoms with Crippen molar-refractivity contribution < 1.29 is 4.42 Å². The Balaban J connectivity index is 1.20. The minimum Gasteiger partial charge on any atom is -0.456 e. The molecule has 0 saturated carbocycles. The van der Waals surface area contributed by atoms with Crippen molar-refractivity contribution in [1.82, 2.24) is 4.57 Å². The Morgan fingerprint density at radius 3 is 2.02 bits per heavy atom. The lowest BCUT2D eigenvalue weighted by Crippen LogP contribution is -2.37. The average Bonchev–Trinajstić information content (AvgIpc) is 4.01. The van der Waals surface area contributed by atoms with Gasteiger partial charge in [0.25, 0.3) is 0 Å². The topological polar surface area (TPSA) is 30.1 Å². The average molecular weight is 834 g/mol. The Bertz CT molecular complexity index is 3880. The van der Waals surface area contributed by atoms with Gasteiger partial charge in [0.05, 0.1) is 5.52 Å². The number of nitrogens with zero attached hydrogens (tertiary/aromatic N) is 1. The molecule has 1 aliphatic heterocycles. The third-order valence-corrected chi connectivity index (χ3v) is 15.6. The molecule has 0 spiro atoms. The molecule has 1 N–H and O–H groups in total. The summed E-state index contributed by atoms with van der Waals surface area (Å²) in [6.07, 6.45) is 0. The third kappa shape index (κ3) is 5.17. The highest BCUT2D eigenvalue weighted by molar-refractivity contribution is 7.27. The van der Waals surface area contributed by atoms with E-state index >= 15 is 0 Å². The van der Waals surface area contributed by atoms with E-state index in [9.17, 15) is 0 Å². The lowest BCUT2D eigenvalue weighted by Gasteiger charge is -2.25. The van der Waals surface area contributed by atoms with Crippen LogP contribution in [0.25, 0.3) is 101 Å². The molecule has 0 fully saturated rings. The second-order valence-electron chi connectivity index (χ2n) is 19.2. The Kier molecular flexibility index (Phi) is 7.40. The first-order chi connectivity index (χ1) is 30.0. The van der Waals surface area contributed by atoms with E-state index in [-0.39, 0.29) is 10.8 Å². The standard InChI is InChI=1S/C56H42BN2OS2/c1-55(2,3)30-19-22-32(23-20-30)58-41-29-48-37(34-14-8-11-17-46(34)61-48)26-38(41)51-52-53-49(50-35-15-9-12-18-47(35)62-54(50)51)39-25-31(56(4,5)6)21-24-42(39)59(53)43-27-36-33-13-7-10-16-44(33)60-45(36)28-40(43)57-52/h7-29,58H,1-6H3. The zero-order chi connectivity index (χ0) is 41.8. The molecule has 12 aromatic rings. The summed E-state index contributed by atoms with van der Waals surface area (Å²) in [5, 5.41) is 14.1. The van der Waals surface area contributed by atoms with Crippen molar-refractivity contribution in [3.8, 4) is 16.8 Å². The summed E-state index contributed by atoms with van der Waals surface area (Å²) in [6, 6.07) is 52.1. The number of benzene rings is 8. The minimum absolute atomic E-state index is 0.0162. The monoisotopic (exact) mass is 833 g/mol. The molecule has 1 radical (unpaired) electrons. The van der Waals surface area contributed by atoms with Gasteiger partial charge in [-0.05, 0) is 99.7 Å². The van der Waals surface area contributed by atoms with Crippen molar-refractivity contribution in [3.05, 3.63) is 151 Å². The molecule has 0 saturated heterocycles. The van der Waals surface area contributed by atoms with E-state index in [0.717, 1.165) is 38.8 Å². The van der Waals surface area contributed by atoms with Crippen molar-refractivity contribution in [2.24, 2.45) is 0 Å².